The molecule has 2 amide bonds. The molecule has 2 aliphatic carbocycles. The Bertz CT molecular complexity index is 2480. The number of carbonyl (C=O) groups excluding carboxylic acids is 2. The van der Waals surface area contributed by atoms with Crippen LogP contribution in [0.4, 0.5) is 28.9 Å². The fourth-order valence-corrected chi connectivity index (χ4v) is 17.8. The summed E-state index contributed by atoms with van der Waals surface area (Å²) in [5, 5.41) is 0. The number of allylic oxidation sites excluding steroid dienone is 8. The van der Waals surface area contributed by atoms with Crippen molar-refractivity contribution in [1.82, 2.24) is 0 Å². The second-order valence-corrected chi connectivity index (χ2v) is 22.2. The van der Waals surface area contributed by atoms with E-state index in [1.807, 2.05) is 60.7 Å². The van der Waals surface area contributed by atoms with Gasteiger partial charge in [0.05, 0.1) is 0 Å². The molecule has 4 nitrogen and oxygen atoms in total. The maximum atomic E-state index is 18.3. The average molecular weight is 879 g/mol. The molecule has 6 aromatic carbocycles. The van der Waals surface area contributed by atoms with Crippen LogP contribution in [0.3, 0.4) is 0 Å². The first-order chi connectivity index (χ1) is 30.8. The van der Waals surface area contributed by atoms with Crippen LogP contribution >= 0.6 is 0 Å². The van der Waals surface area contributed by atoms with Crippen molar-refractivity contribution in [3.63, 3.8) is 0 Å². The number of aryl methyl sites for hydroxylation is 2. The van der Waals surface area contributed by atoms with Crippen molar-refractivity contribution in [3.05, 3.63) is 240 Å². The summed E-state index contributed by atoms with van der Waals surface area (Å²) in [4.78, 5) is 31.5. The van der Waals surface area contributed by atoms with Crippen molar-refractivity contribution in [2.24, 2.45) is 0 Å². The minimum absolute atomic E-state index is 0.0782. The Hall–Kier alpha value is -6.35. The van der Waals surface area contributed by atoms with E-state index in [2.05, 4.69) is 0 Å². The first kappa shape index (κ1) is 43.3. The Morgan fingerprint density at radius 3 is 1.13 bits per heavy atom. The number of hydrogen-bond donors (Lipinski definition) is 0. The molecule has 0 aliphatic heterocycles. The standard InChI is InChI=1S/2C22H18F2NO.2C5H5.Ti/c2*23-19-13-14-21(20(24)16-19)25(22(26)18-11-5-2-6-12-18)15-7-10-17-8-3-1-4-9-17;2*1-2-4-5-3-1;/h2*1-6,8-9,11-14H,7,10,15H2;2*1-5H;. The van der Waals surface area contributed by atoms with E-state index in [9.17, 15) is 9.59 Å². The molecule has 0 radical (unpaired) electrons. The van der Waals surface area contributed by atoms with E-state index in [0.717, 1.165) is 23.3 Å². The number of anilines is 2. The number of hydrogen-bond acceptors (Lipinski definition) is 2. The van der Waals surface area contributed by atoms with Gasteiger partial charge in [-0.2, -0.15) is 0 Å². The van der Waals surface area contributed by atoms with Crippen molar-refractivity contribution in [3.8, 4) is 0 Å². The van der Waals surface area contributed by atoms with Gasteiger partial charge in [0.2, 0.25) is 0 Å². The third-order valence-corrected chi connectivity index (χ3v) is 20.5. The summed E-state index contributed by atoms with van der Waals surface area (Å²) in [5.74, 6) is -4.98. The Kier molecular flexibility index (Phi) is 13.6. The van der Waals surface area contributed by atoms with Crippen molar-refractivity contribution >= 4 is 30.9 Å². The van der Waals surface area contributed by atoms with E-state index < -0.39 is 67.9 Å². The fraction of sp³-hybridized carbons (Fsp3) is 0.148. The van der Waals surface area contributed by atoms with Gasteiger partial charge in [0, 0.05) is 0 Å². The van der Waals surface area contributed by atoms with Crippen LogP contribution in [0, 0.1) is 23.3 Å². The molecule has 0 fully saturated rings. The third-order valence-electron chi connectivity index (χ3n) is 12.0. The molecule has 0 bridgehead atoms. The van der Waals surface area contributed by atoms with Gasteiger partial charge in [0.1, 0.15) is 0 Å². The molecule has 0 aromatic heterocycles. The summed E-state index contributed by atoms with van der Waals surface area (Å²) >= 11 is -5.37. The Morgan fingerprint density at radius 2 is 0.778 bits per heavy atom. The van der Waals surface area contributed by atoms with Gasteiger partial charge in [-0.25, -0.2) is 0 Å². The molecule has 0 N–H and O–H groups in total. The van der Waals surface area contributed by atoms with E-state index in [1.54, 1.807) is 109 Å². The van der Waals surface area contributed by atoms with E-state index >= 15 is 17.6 Å². The maximum absolute atomic E-state index is 18.3. The Morgan fingerprint density at radius 1 is 0.444 bits per heavy atom. The van der Waals surface area contributed by atoms with Crippen LogP contribution in [0.25, 0.3) is 0 Å². The van der Waals surface area contributed by atoms with Gasteiger partial charge in [-0.15, -0.1) is 0 Å². The van der Waals surface area contributed by atoms with E-state index in [0.29, 0.717) is 36.8 Å². The van der Waals surface area contributed by atoms with Crippen LogP contribution in [0.1, 0.15) is 44.7 Å². The van der Waals surface area contributed by atoms with Gasteiger partial charge in [0.15, 0.2) is 0 Å². The zero-order valence-corrected chi connectivity index (χ0v) is 36.2. The molecular weight excluding hydrogens is 832 g/mol. The van der Waals surface area contributed by atoms with Gasteiger partial charge in [-0.3, -0.25) is 0 Å². The molecule has 9 heteroatoms. The molecule has 0 unspecified atom stereocenters. The molecule has 6 aromatic rings. The number of carbonyl (C=O) groups is 2. The van der Waals surface area contributed by atoms with Gasteiger partial charge in [-0.05, 0) is 0 Å². The SMILES string of the molecule is O=C(c1ccccc1)N(CCCc1ccccc1)c1ccc(F)[c]([Ti]([c]2c(F)ccc(N(CCCc3ccccc3)C(=O)c3ccccc3)c2F)([CH]2C=CC=C2)[CH]2C=CC=C2)c1F. The second-order valence-electron chi connectivity index (χ2n) is 15.8. The molecule has 63 heavy (non-hydrogen) atoms. The molecular formula is C54H46F4N2O2Ti. The summed E-state index contributed by atoms with van der Waals surface area (Å²) in [5.41, 5.74) is 2.31. The summed E-state index contributed by atoms with van der Waals surface area (Å²) in [6, 6.07) is 41.1. The van der Waals surface area contributed by atoms with Crippen LogP contribution in [0.2, 0.25) is 8.45 Å². The first-order valence-corrected chi connectivity index (χ1v) is 24.6. The summed E-state index contributed by atoms with van der Waals surface area (Å²) in [6.07, 6.45) is 16.0. The Labute approximate surface area is 369 Å². The normalized spacial score (nSPS) is 13.5. The van der Waals surface area contributed by atoms with Crippen LogP contribution in [0.5, 0.6) is 0 Å². The summed E-state index contributed by atoms with van der Waals surface area (Å²) < 4.78 is 68.7. The monoisotopic (exact) mass is 878 g/mol. The Balaban J connectivity index is 1.31. The van der Waals surface area contributed by atoms with Crippen molar-refractivity contribution in [2.45, 2.75) is 34.1 Å². The van der Waals surface area contributed by atoms with E-state index in [-0.39, 0.29) is 24.5 Å². The van der Waals surface area contributed by atoms with Crippen molar-refractivity contribution in [2.75, 3.05) is 22.9 Å². The third kappa shape index (κ3) is 8.97. The van der Waals surface area contributed by atoms with Gasteiger partial charge < -0.3 is 0 Å². The zero-order valence-electron chi connectivity index (χ0n) is 34.6. The second kappa shape index (κ2) is 19.8. The average Bonchev–Trinajstić information content (AvgIpc) is 4.07. The number of benzene rings is 6. The van der Waals surface area contributed by atoms with Crippen molar-refractivity contribution in [1.29, 1.82) is 0 Å². The zero-order chi connectivity index (χ0) is 43.8. The quantitative estimate of drug-likeness (QED) is 0.0718. The van der Waals surface area contributed by atoms with Crippen LogP contribution in [-0.4, -0.2) is 24.9 Å². The molecule has 316 valence electrons. The number of amides is 2. The van der Waals surface area contributed by atoms with Gasteiger partial charge >= 0.3 is 371 Å². The molecule has 0 atom stereocenters. The minimum atomic E-state index is -5.37. The number of nitrogens with zero attached hydrogens (tertiary/aromatic N) is 2. The fourth-order valence-electron chi connectivity index (χ4n) is 9.05. The topological polar surface area (TPSA) is 40.6 Å². The number of halogens is 4. The first-order valence-electron chi connectivity index (χ1n) is 21.3. The van der Waals surface area contributed by atoms with Gasteiger partial charge in [0.25, 0.3) is 0 Å². The molecule has 0 heterocycles. The molecule has 0 saturated carbocycles. The summed E-state index contributed by atoms with van der Waals surface area (Å²) in [7, 11) is 0. The molecule has 0 saturated heterocycles. The van der Waals surface area contributed by atoms with E-state index in [4.69, 9.17) is 0 Å². The predicted molar refractivity (Wildman–Crippen MR) is 242 cm³/mol. The van der Waals surface area contributed by atoms with Gasteiger partial charge in [-0.1, -0.05) is 0 Å². The van der Waals surface area contributed by atoms with Crippen molar-refractivity contribution < 1.29 is 43.7 Å². The predicted octanol–water partition coefficient (Wildman–Crippen LogP) is 11.7. The molecule has 0 spiro atoms. The molecule has 8 rings (SSSR count). The van der Waals surface area contributed by atoms with Crippen LogP contribution in [-0.2, 0) is 29.4 Å². The number of rotatable bonds is 16. The van der Waals surface area contributed by atoms with Crippen LogP contribution < -0.4 is 17.5 Å². The molecule has 2 aliphatic rings. The van der Waals surface area contributed by atoms with E-state index in [1.165, 1.54) is 21.9 Å². The summed E-state index contributed by atoms with van der Waals surface area (Å²) in [6.45, 7) is 0.156. The van der Waals surface area contributed by atoms with Crippen LogP contribution in [0.15, 0.2) is 194 Å².